The number of piperidine rings is 1. The van der Waals surface area contributed by atoms with E-state index in [-0.39, 0.29) is 17.7 Å². The van der Waals surface area contributed by atoms with E-state index < -0.39 is 0 Å². The number of aromatic nitrogens is 2. The second kappa shape index (κ2) is 9.14. The molecule has 2 heterocycles. The van der Waals surface area contributed by atoms with Crippen molar-refractivity contribution in [3.63, 3.8) is 0 Å². The molecule has 1 amide bonds. The predicted octanol–water partition coefficient (Wildman–Crippen LogP) is 3.35. The van der Waals surface area contributed by atoms with Crippen molar-refractivity contribution in [1.29, 1.82) is 0 Å². The van der Waals surface area contributed by atoms with E-state index in [1.807, 2.05) is 24.3 Å². The molecule has 4 rings (SSSR count). The van der Waals surface area contributed by atoms with E-state index in [0.29, 0.717) is 22.7 Å². The Labute approximate surface area is 181 Å². The predicted molar refractivity (Wildman–Crippen MR) is 119 cm³/mol. The van der Waals surface area contributed by atoms with Crippen LogP contribution in [-0.2, 0) is 0 Å². The van der Waals surface area contributed by atoms with E-state index >= 15 is 0 Å². The van der Waals surface area contributed by atoms with Gasteiger partial charge >= 0.3 is 0 Å². The first-order chi connectivity index (χ1) is 15.0. The Morgan fingerprint density at radius 1 is 1.10 bits per heavy atom. The van der Waals surface area contributed by atoms with Gasteiger partial charge in [0.2, 0.25) is 0 Å². The summed E-state index contributed by atoms with van der Waals surface area (Å²) in [5.41, 5.74) is 3.52. The number of phenols is 1. The number of likely N-dealkylation sites (tertiary alicyclic amines) is 1. The lowest BCUT2D eigenvalue weighted by atomic mass is 10.0. The van der Waals surface area contributed by atoms with E-state index in [2.05, 4.69) is 22.2 Å². The van der Waals surface area contributed by atoms with Gasteiger partial charge < -0.3 is 20.1 Å². The van der Waals surface area contributed by atoms with Crippen molar-refractivity contribution in [1.82, 2.24) is 20.2 Å². The molecule has 160 valence electrons. The van der Waals surface area contributed by atoms with E-state index in [1.165, 1.54) is 7.11 Å². The molecule has 0 atom stereocenters. The maximum absolute atomic E-state index is 12.8. The zero-order valence-electron chi connectivity index (χ0n) is 17.7. The van der Waals surface area contributed by atoms with Gasteiger partial charge in [0.15, 0.2) is 11.5 Å². The second-order valence-electron chi connectivity index (χ2n) is 7.81. The number of aromatic hydroxyl groups is 1. The maximum Gasteiger partial charge on any atom is 0.251 e. The number of nitrogens with one attached hydrogen (secondary N) is 1. The number of rotatable bonds is 5. The average molecular weight is 418 g/mol. The molecule has 31 heavy (non-hydrogen) atoms. The van der Waals surface area contributed by atoms with Crippen molar-refractivity contribution in [2.45, 2.75) is 18.9 Å². The molecule has 0 unspecified atom stereocenters. The van der Waals surface area contributed by atoms with Gasteiger partial charge in [0.25, 0.3) is 5.91 Å². The number of phenolic OH excluding ortho intramolecular Hbond substituents is 1. The Bertz CT molecular complexity index is 1080. The Kier molecular flexibility index (Phi) is 6.13. The Morgan fingerprint density at radius 3 is 2.52 bits per heavy atom. The van der Waals surface area contributed by atoms with Crippen LogP contribution in [0.2, 0.25) is 0 Å². The van der Waals surface area contributed by atoms with Crippen LogP contribution in [0, 0.1) is 0 Å². The Hall–Kier alpha value is -3.45. The highest BCUT2D eigenvalue weighted by Gasteiger charge is 2.19. The molecule has 3 aromatic rings. The van der Waals surface area contributed by atoms with Crippen LogP contribution in [0.1, 0.15) is 23.2 Å². The molecule has 1 aromatic heterocycles. The minimum Gasteiger partial charge on any atom is -0.504 e. The van der Waals surface area contributed by atoms with Crippen LogP contribution in [0.15, 0.2) is 54.9 Å². The third-order valence-electron chi connectivity index (χ3n) is 5.58. The summed E-state index contributed by atoms with van der Waals surface area (Å²) in [6, 6.07) is 12.7. The summed E-state index contributed by atoms with van der Waals surface area (Å²) in [5.74, 6) is 0.375. The number of hydrogen-bond acceptors (Lipinski definition) is 6. The number of carbonyl (C=O) groups is 1. The lowest BCUT2D eigenvalue weighted by molar-refractivity contribution is 0.0917. The van der Waals surface area contributed by atoms with Gasteiger partial charge in [0.1, 0.15) is 0 Å². The zero-order valence-corrected chi connectivity index (χ0v) is 17.7. The first kappa shape index (κ1) is 20.8. The van der Waals surface area contributed by atoms with E-state index in [0.717, 1.165) is 37.1 Å². The van der Waals surface area contributed by atoms with Gasteiger partial charge in [-0.15, -0.1) is 0 Å². The largest absolute Gasteiger partial charge is 0.504 e. The number of amides is 1. The van der Waals surface area contributed by atoms with Crippen LogP contribution in [0.4, 0.5) is 0 Å². The minimum atomic E-state index is -0.0659. The number of nitrogens with zero attached hydrogens (tertiary/aromatic N) is 3. The highest BCUT2D eigenvalue weighted by molar-refractivity contribution is 5.95. The highest BCUT2D eigenvalue weighted by atomic mass is 16.5. The lowest BCUT2D eigenvalue weighted by Gasteiger charge is -2.29. The number of carbonyl (C=O) groups excluding carboxylic acids is 1. The molecule has 0 aliphatic carbocycles. The normalized spacial score (nSPS) is 14.9. The number of ether oxygens (including phenoxy) is 1. The third-order valence-corrected chi connectivity index (χ3v) is 5.58. The molecular weight excluding hydrogens is 392 g/mol. The van der Waals surface area contributed by atoms with Gasteiger partial charge in [-0.25, -0.2) is 4.98 Å². The van der Waals surface area contributed by atoms with Crippen molar-refractivity contribution in [2.24, 2.45) is 0 Å². The monoisotopic (exact) mass is 418 g/mol. The van der Waals surface area contributed by atoms with E-state index in [9.17, 15) is 9.90 Å². The van der Waals surface area contributed by atoms with Crippen LogP contribution in [0.5, 0.6) is 11.5 Å². The molecular formula is C24H26N4O3. The quantitative estimate of drug-likeness (QED) is 0.661. The van der Waals surface area contributed by atoms with Crippen LogP contribution in [-0.4, -0.2) is 59.2 Å². The fourth-order valence-electron chi connectivity index (χ4n) is 3.72. The number of benzene rings is 2. The molecule has 2 aromatic carbocycles. The summed E-state index contributed by atoms with van der Waals surface area (Å²) < 4.78 is 5.19. The van der Waals surface area contributed by atoms with Crippen molar-refractivity contribution >= 4 is 5.91 Å². The van der Waals surface area contributed by atoms with Gasteiger partial charge in [-0.2, -0.15) is 0 Å². The minimum absolute atomic E-state index is 0.0659. The summed E-state index contributed by atoms with van der Waals surface area (Å²) in [6.07, 6.45) is 5.26. The first-order valence-corrected chi connectivity index (χ1v) is 10.3. The maximum atomic E-state index is 12.8. The van der Waals surface area contributed by atoms with Gasteiger partial charge in [-0.05, 0) is 63.3 Å². The fraction of sp³-hybridized carbons (Fsp3) is 0.292. The van der Waals surface area contributed by atoms with Crippen LogP contribution >= 0.6 is 0 Å². The molecule has 7 heteroatoms. The summed E-state index contributed by atoms with van der Waals surface area (Å²) in [4.78, 5) is 24.1. The molecule has 1 aliphatic heterocycles. The Morgan fingerprint density at radius 2 is 1.81 bits per heavy atom. The Balaban J connectivity index is 1.55. The summed E-state index contributed by atoms with van der Waals surface area (Å²) >= 11 is 0. The van der Waals surface area contributed by atoms with Crippen LogP contribution in [0.3, 0.4) is 0 Å². The molecule has 0 spiro atoms. The molecule has 7 nitrogen and oxygen atoms in total. The summed E-state index contributed by atoms with van der Waals surface area (Å²) in [7, 11) is 3.61. The molecule has 2 N–H and O–H groups in total. The van der Waals surface area contributed by atoms with E-state index in [1.54, 1.807) is 30.6 Å². The van der Waals surface area contributed by atoms with Gasteiger partial charge in [-0.3, -0.25) is 9.78 Å². The van der Waals surface area contributed by atoms with Crippen LogP contribution in [0.25, 0.3) is 22.5 Å². The number of hydrogen-bond donors (Lipinski definition) is 2. The third kappa shape index (κ3) is 4.83. The SMILES string of the molecule is COc1cc(-c2cncc(-c3cccc(C(=O)NC4CCN(C)CC4)c3)n2)ccc1O. The molecule has 0 saturated carbocycles. The smallest absolute Gasteiger partial charge is 0.251 e. The molecule has 1 fully saturated rings. The second-order valence-corrected chi connectivity index (χ2v) is 7.81. The van der Waals surface area contributed by atoms with Gasteiger partial charge in [0.05, 0.1) is 30.9 Å². The van der Waals surface area contributed by atoms with Crippen LogP contribution < -0.4 is 10.1 Å². The lowest BCUT2D eigenvalue weighted by Crippen LogP contribution is -2.43. The number of methoxy groups -OCH3 is 1. The molecule has 0 bridgehead atoms. The fourth-order valence-corrected chi connectivity index (χ4v) is 3.72. The molecule has 0 radical (unpaired) electrons. The summed E-state index contributed by atoms with van der Waals surface area (Å²) in [5, 5.41) is 13.0. The molecule has 1 aliphatic rings. The standard InChI is InChI=1S/C24H26N4O3/c1-28-10-8-19(9-11-28)26-24(30)18-5-3-4-16(12-18)20-14-25-15-21(27-20)17-6-7-22(29)23(13-17)31-2/h3-7,12-15,19,29H,8-11H2,1-2H3,(H,26,30). The average Bonchev–Trinajstić information content (AvgIpc) is 2.81. The van der Waals surface area contributed by atoms with Crippen molar-refractivity contribution in [3.05, 3.63) is 60.4 Å². The van der Waals surface area contributed by atoms with E-state index in [4.69, 9.17) is 9.72 Å². The van der Waals surface area contributed by atoms with Gasteiger partial charge in [0, 0.05) is 22.7 Å². The van der Waals surface area contributed by atoms with Crippen molar-refractivity contribution in [2.75, 3.05) is 27.2 Å². The topological polar surface area (TPSA) is 87.6 Å². The van der Waals surface area contributed by atoms with Crippen molar-refractivity contribution in [3.8, 4) is 34.0 Å². The zero-order chi connectivity index (χ0) is 21.8. The summed E-state index contributed by atoms with van der Waals surface area (Å²) in [6.45, 7) is 1.99. The highest BCUT2D eigenvalue weighted by Crippen LogP contribution is 2.31. The van der Waals surface area contributed by atoms with Gasteiger partial charge in [-0.1, -0.05) is 12.1 Å². The molecule has 1 saturated heterocycles. The first-order valence-electron chi connectivity index (χ1n) is 10.3. The van der Waals surface area contributed by atoms with Crippen molar-refractivity contribution < 1.29 is 14.6 Å².